The highest BCUT2D eigenvalue weighted by Gasteiger charge is 2.48. The standard InChI is InChI=1S/C36H45ClFN3O4/c1-35(2,3)40-34(44)36(25-8-5-4-6-9-25)17-20-41(21-18-36)19-16-27(22-24-12-14-26(37)15-13-24)39-33(43)31-23-30(42)28-10-7-11-29(38)32(28)45-31/h7,10-15,23,25,27H,4-6,8-9,16-22H2,1-3H3,(H,39,43)(H,40,44)/t27-/m1/s1. The van der Waals surface area contributed by atoms with Gasteiger partial charge in [-0.2, -0.15) is 0 Å². The molecule has 2 amide bonds. The number of fused-ring (bicyclic) bond motifs is 1. The number of piperidine rings is 1. The summed E-state index contributed by atoms with van der Waals surface area (Å²) in [4.78, 5) is 42.2. The van der Waals surface area contributed by atoms with Gasteiger partial charge in [0.2, 0.25) is 5.91 Å². The third kappa shape index (κ3) is 8.14. The van der Waals surface area contributed by atoms with Gasteiger partial charge in [-0.1, -0.05) is 49.1 Å². The summed E-state index contributed by atoms with van der Waals surface area (Å²) >= 11 is 6.11. The highest BCUT2D eigenvalue weighted by Crippen LogP contribution is 2.46. The van der Waals surface area contributed by atoms with Crippen LogP contribution >= 0.6 is 11.6 Å². The van der Waals surface area contributed by atoms with Gasteiger partial charge in [-0.15, -0.1) is 0 Å². The van der Waals surface area contributed by atoms with E-state index in [0.29, 0.717) is 23.8 Å². The molecule has 9 heteroatoms. The van der Waals surface area contributed by atoms with E-state index in [1.165, 1.54) is 37.5 Å². The normalized spacial score (nSPS) is 18.4. The molecule has 1 aliphatic heterocycles. The fourth-order valence-corrected chi connectivity index (χ4v) is 7.22. The predicted molar refractivity (Wildman–Crippen MR) is 176 cm³/mol. The van der Waals surface area contributed by atoms with Crippen molar-refractivity contribution in [3.8, 4) is 0 Å². The van der Waals surface area contributed by atoms with Gasteiger partial charge in [-0.3, -0.25) is 14.4 Å². The number of hydrogen-bond donors (Lipinski definition) is 2. The van der Waals surface area contributed by atoms with Gasteiger partial charge in [0.05, 0.1) is 10.8 Å². The lowest BCUT2D eigenvalue weighted by molar-refractivity contribution is -0.141. The number of nitrogens with zero attached hydrogens (tertiary/aromatic N) is 1. The van der Waals surface area contributed by atoms with Crippen molar-refractivity contribution in [2.24, 2.45) is 11.3 Å². The molecule has 2 aromatic carbocycles. The fraction of sp³-hybridized carbons (Fsp3) is 0.528. The minimum absolute atomic E-state index is 0.0925. The molecule has 0 bridgehead atoms. The fourth-order valence-electron chi connectivity index (χ4n) is 7.10. The monoisotopic (exact) mass is 637 g/mol. The Bertz CT molecular complexity index is 1550. The molecular weight excluding hydrogens is 593 g/mol. The first-order valence-electron chi connectivity index (χ1n) is 16.3. The van der Waals surface area contributed by atoms with Crippen LogP contribution in [0.5, 0.6) is 0 Å². The Kier molecular flexibility index (Phi) is 10.3. The lowest BCUT2D eigenvalue weighted by Gasteiger charge is -2.47. The Hall–Kier alpha value is -3.23. The van der Waals surface area contributed by atoms with Gasteiger partial charge in [0.15, 0.2) is 22.6 Å². The van der Waals surface area contributed by atoms with Crippen molar-refractivity contribution < 1.29 is 18.4 Å². The molecular formula is C36H45ClFN3O4. The molecule has 3 aromatic rings. The van der Waals surface area contributed by atoms with Crippen molar-refractivity contribution >= 4 is 34.4 Å². The largest absolute Gasteiger partial charge is 0.448 e. The van der Waals surface area contributed by atoms with Gasteiger partial charge < -0.3 is 20.0 Å². The Labute approximate surface area is 269 Å². The maximum atomic E-state index is 14.4. The summed E-state index contributed by atoms with van der Waals surface area (Å²) in [7, 11) is 0. The third-order valence-corrected chi connectivity index (χ3v) is 9.78. The van der Waals surface area contributed by atoms with E-state index in [4.69, 9.17) is 16.0 Å². The topological polar surface area (TPSA) is 91.7 Å². The third-order valence-electron chi connectivity index (χ3n) is 9.53. The summed E-state index contributed by atoms with van der Waals surface area (Å²) in [5.41, 5.74) is -0.317. The Morgan fingerprint density at radius 2 is 1.76 bits per heavy atom. The molecule has 0 spiro atoms. The number of likely N-dealkylation sites (tertiary alicyclic amines) is 1. The number of nitrogens with one attached hydrogen (secondary N) is 2. The molecule has 45 heavy (non-hydrogen) atoms. The first-order chi connectivity index (χ1) is 21.4. The van der Waals surface area contributed by atoms with Gasteiger partial charge in [-0.05, 0) is 108 Å². The van der Waals surface area contributed by atoms with Gasteiger partial charge in [0.1, 0.15) is 0 Å². The highest BCUT2D eigenvalue weighted by atomic mass is 35.5. The Morgan fingerprint density at radius 1 is 1.07 bits per heavy atom. The summed E-state index contributed by atoms with van der Waals surface area (Å²) in [5, 5.41) is 7.07. The molecule has 2 aliphatic rings. The maximum Gasteiger partial charge on any atom is 0.287 e. The molecule has 2 fully saturated rings. The molecule has 2 heterocycles. The van der Waals surface area contributed by atoms with Gasteiger partial charge in [0.25, 0.3) is 5.91 Å². The number of amides is 2. The van der Waals surface area contributed by atoms with Crippen molar-refractivity contribution in [1.29, 1.82) is 0 Å². The van der Waals surface area contributed by atoms with Crippen molar-refractivity contribution in [1.82, 2.24) is 15.5 Å². The van der Waals surface area contributed by atoms with Crippen molar-refractivity contribution in [3.05, 3.63) is 80.9 Å². The van der Waals surface area contributed by atoms with Crippen LogP contribution < -0.4 is 16.1 Å². The quantitative estimate of drug-likeness (QED) is 0.267. The summed E-state index contributed by atoms with van der Waals surface area (Å²) in [5.74, 6) is -0.872. The minimum atomic E-state index is -0.692. The lowest BCUT2D eigenvalue weighted by atomic mass is 9.63. The van der Waals surface area contributed by atoms with Crippen LogP contribution in [0.4, 0.5) is 4.39 Å². The number of carbonyl (C=O) groups excluding carboxylic acids is 2. The second-order valence-corrected chi connectivity index (χ2v) is 14.4. The van der Waals surface area contributed by atoms with E-state index < -0.39 is 17.2 Å². The summed E-state index contributed by atoms with van der Waals surface area (Å²) < 4.78 is 20.0. The second kappa shape index (κ2) is 14.0. The Balaban J connectivity index is 1.29. The summed E-state index contributed by atoms with van der Waals surface area (Å²) in [6, 6.07) is 12.4. The van der Waals surface area contributed by atoms with Crippen LogP contribution in [0.15, 0.2) is 57.7 Å². The molecule has 5 rings (SSSR count). The van der Waals surface area contributed by atoms with Crippen LogP contribution in [0.3, 0.4) is 0 Å². The molecule has 1 saturated heterocycles. The van der Waals surface area contributed by atoms with Crippen LogP contribution in [0.25, 0.3) is 11.0 Å². The molecule has 1 saturated carbocycles. The Morgan fingerprint density at radius 3 is 2.42 bits per heavy atom. The molecule has 1 aliphatic carbocycles. The minimum Gasteiger partial charge on any atom is -0.448 e. The van der Waals surface area contributed by atoms with Crippen LogP contribution in [-0.4, -0.2) is 47.9 Å². The zero-order chi connectivity index (χ0) is 32.2. The molecule has 2 N–H and O–H groups in total. The molecule has 0 radical (unpaired) electrons. The maximum absolute atomic E-state index is 14.4. The summed E-state index contributed by atoms with van der Waals surface area (Å²) in [6.45, 7) is 8.50. The number of carbonyl (C=O) groups is 2. The van der Waals surface area contributed by atoms with Crippen molar-refractivity contribution in [3.63, 3.8) is 0 Å². The smallest absolute Gasteiger partial charge is 0.287 e. The van der Waals surface area contributed by atoms with Gasteiger partial charge >= 0.3 is 0 Å². The average Bonchev–Trinajstić information content (AvgIpc) is 3.01. The first kappa shape index (κ1) is 33.1. The zero-order valence-electron chi connectivity index (χ0n) is 26.6. The number of para-hydroxylation sites is 1. The molecule has 7 nitrogen and oxygen atoms in total. The first-order valence-corrected chi connectivity index (χ1v) is 16.6. The van der Waals surface area contributed by atoms with Crippen LogP contribution in [0.1, 0.15) is 88.3 Å². The number of benzene rings is 2. The number of halogens is 2. The second-order valence-electron chi connectivity index (χ2n) is 13.9. The van der Waals surface area contributed by atoms with E-state index in [0.717, 1.165) is 56.9 Å². The molecule has 1 atom stereocenters. The summed E-state index contributed by atoms with van der Waals surface area (Å²) in [6.07, 6.45) is 8.68. The lowest BCUT2D eigenvalue weighted by Crippen LogP contribution is -2.56. The van der Waals surface area contributed by atoms with Crippen molar-refractivity contribution in [2.45, 2.75) is 90.1 Å². The average molecular weight is 638 g/mol. The van der Waals surface area contributed by atoms with Crippen LogP contribution in [-0.2, 0) is 11.2 Å². The molecule has 242 valence electrons. The van der Waals surface area contributed by atoms with Gasteiger partial charge in [0, 0.05) is 29.2 Å². The highest BCUT2D eigenvalue weighted by molar-refractivity contribution is 6.30. The molecule has 1 aromatic heterocycles. The SMILES string of the molecule is CC(C)(C)NC(=O)C1(C2CCCCC2)CCN(CC[C@H](Cc2ccc(Cl)cc2)NC(=O)c2cc(=O)c3cccc(F)c3o2)CC1. The van der Waals surface area contributed by atoms with E-state index in [2.05, 4.69) is 15.5 Å². The van der Waals surface area contributed by atoms with E-state index >= 15 is 0 Å². The number of hydrogen-bond acceptors (Lipinski definition) is 5. The van der Waals surface area contributed by atoms with E-state index in [9.17, 15) is 18.8 Å². The number of rotatable bonds is 9. The van der Waals surface area contributed by atoms with E-state index in [1.807, 2.05) is 45.0 Å². The van der Waals surface area contributed by atoms with E-state index in [1.54, 1.807) is 0 Å². The van der Waals surface area contributed by atoms with Crippen LogP contribution in [0.2, 0.25) is 5.02 Å². The van der Waals surface area contributed by atoms with E-state index in [-0.39, 0.29) is 39.6 Å². The van der Waals surface area contributed by atoms with Crippen molar-refractivity contribution in [2.75, 3.05) is 19.6 Å². The van der Waals surface area contributed by atoms with Crippen LogP contribution in [0, 0.1) is 17.2 Å². The van der Waals surface area contributed by atoms with Gasteiger partial charge in [-0.25, -0.2) is 4.39 Å². The molecule has 0 unspecified atom stereocenters. The zero-order valence-corrected chi connectivity index (χ0v) is 27.4. The predicted octanol–water partition coefficient (Wildman–Crippen LogP) is 6.89.